The first-order valence-corrected chi connectivity index (χ1v) is 6.39. The lowest BCUT2D eigenvalue weighted by Gasteiger charge is -2.32. The van der Waals surface area contributed by atoms with E-state index in [2.05, 4.69) is 4.90 Å². The molecular weight excluding hydrogens is 204 g/mol. The molecule has 2 heterocycles. The van der Waals surface area contributed by atoms with Crippen LogP contribution >= 0.6 is 0 Å². The minimum absolute atomic E-state index is 0.349. The van der Waals surface area contributed by atoms with Crippen molar-refractivity contribution in [2.24, 2.45) is 5.73 Å². The SMILES string of the molecule is CC(O)(CN)CCCN1CC2CCC(C1)O2. The normalized spacial score (nSPS) is 33.9. The van der Waals surface area contributed by atoms with Crippen molar-refractivity contribution in [3.8, 4) is 0 Å². The van der Waals surface area contributed by atoms with Crippen LogP contribution in [0.4, 0.5) is 0 Å². The van der Waals surface area contributed by atoms with E-state index in [9.17, 15) is 5.11 Å². The zero-order chi connectivity index (χ0) is 11.6. The molecule has 0 aliphatic carbocycles. The molecule has 16 heavy (non-hydrogen) atoms. The Kier molecular flexibility index (Phi) is 3.85. The van der Waals surface area contributed by atoms with Gasteiger partial charge in [0.25, 0.3) is 0 Å². The molecule has 0 aromatic heterocycles. The summed E-state index contributed by atoms with van der Waals surface area (Å²) in [6.07, 6.45) is 5.19. The van der Waals surface area contributed by atoms with Crippen LogP contribution in [-0.2, 0) is 4.74 Å². The minimum atomic E-state index is -0.689. The largest absolute Gasteiger partial charge is 0.389 e. The molecule has 4 nitrogen and oxygen atoms in total. The van der Waals surface area contributed by atoms with Gasteiger partial charge in [-0.05, 0) is 39.2 Å². The van der Waals surface area contributed by atoms with Gasteiger partial charge in [-0.2, -0.15) is 0 Å². The highest BCUT2D eigenvalue weighted by atomic mass is 16.5. The highest BCUT2D eigenvalue weighted by Gasteiger charge is 2.33. The molecule has 2 saturated heterocycles. The van der Waals surface area contributed by atoms with Crippen molar-refractivity contribution in [2.75, 3.05) is 26.2 Å². The topological polar surface area (TPSA) is 58.7 Å². The summed E-state index contributed by atoms with van der Waals surface area (Å²) in [7, 11) is 0. The number of fused-ring (bicyclic) bond motifs is 2. The molecule has 0 amide bonds. The third-order valence-electron chi connectivity index (χ3n) is 3.75. The molecule has 2 bridgehead atoms. The van der Waals surface area contributed by atoms with Gasteiger partial charge in [0, 0.05) is 19.6 Å². The van der Waals surface area contributed by atoms with E-state index in [1.807, 2.05) is 6.92 Å². The molecule has 3 unspecified atom stereocenters. The lowest BCUT2D eigenvalue weighted by atomic mass is 10.0. The van der Waals surface area contributed by atoms with Gasteiger partial charge in [0.2, 0.25) is 0 Å². The standard InChI is InChI=1S/C12H24N2O2/c1-12(15,9-13)5-2-6-14-7-10-3-4-11(8-14)16-10/h10-11,15H,2-9,13H2,1H3. The molecule has 0 aromatic carbocycles. The Morgan fingerprint density at radius 1 is 1.38 bits per heavy atom. The molecule has 2 fully saturated rings. The van der Waals surface area contributed by atoms with E-state index in [-0.39, 0.29) is 0 Å². The van der Waals surface area contributed by atoms with Gasteiger partial charge in [0.1, 0.15) is 0 Å². The van der Waals surface area contributed by atoms with Crippen molar-refractivity contribution in [1.82, 2.24) is 4.90 Å². The molecule has 0 aromatic rings. The Balaban J connectivity index is 1.67. The van der Waals surface area contributed by atoms with Crippen molar-refractivity contribution < 1.29 is 9.84 Å². The average Bonchev–Trinajstić information content (AvgIpc) is 2.58. The number of hydrogen-bond donors (Lipinski definition) is 2. The molecule has 0 radical (unpaired) electrons. The quantitative estimate of drug-likeness (QED) is 0.712. The lowest BCUT2D eigenvalue weighted by Crippen LogP contribution is -2.43. The number of aliphatic hydroxyl groups is 1. The third-order valence-corrected chi connectivity index (χ3v) is 3.75. The maximum atomic E-state index is 9.80. The van der Waals surface area contributed by atoms with Crippen LogP contribution < -0.4 is 5.73 Å². The number of nitrogens with two attached hydrogens (primary N) is 1. The number of rotatable bonds is 5. The van der Waals surface area contributed by atoms with Crippen molar-refractivity contribution in [2.45, 2.75) is 50.4 Å². The summed E-state index contributed by atoms with van der Waals surface area (Å²) in [5.74, 6) is 0. The molecule has 3 atom stereocenters. The number of ether oxygens (including phenoxy) is 1. The molecule has 0 spiro atoms. The fourth-order valence-corrected chi connectivity index (χ4v) is 2.67. The smallest absolute Gasteiger partial charge is 0.0741 e. The Morgan fingerprint density at radius 3 is 2.56 bits per heavy atom. The molecule has 2 aliphatic heterocycles. The zero-order valence-corrected chi connectivity index (χ0v) is 10.2. The van der Waals surface area contributed by atoms with E-state index in [0.29, 0.717) is 18.8 Å². The van der Waals surface area contributed by atoms with E-state index >= 15 is 0 Å². The van der Waals surface area contributed by atoms with Crippen molar-refractivity contribution in [3.05, 3.63) is 0 Å². The predicted octanol–water partition coefficient (Wildman–Crippen LogP) is 0.340. The number of likely N-dealkylation sites (tertiary alicyclic amines) is 1. The summed E-state index contributed by atoms with van der Waals surface area (Å²) < 4.78 is 5.78. The van der Waals surface area contributed by atoms with Crippen LogP contribution in [0, 0.1) is 0 Å². The van der Waals surface area contributed by atoms with Gasteiger partial charge >= 0.3 is 0 Å². The van der Waals surface area contributed by atoms with Crippen LogP contribution in [-0.4, -0.2) is 54.0 Å². The molecular formula is C12H24N2O2. The maximum absolute atomic E-state index is 9.80. The van der Waals surface area contributed by atoms with E-state index in [1.165, 1.54) is 12.8 Å². The average molecular weight is 228 g/mol. The van der Waals surface area contributed by atoms with E-state index in [1.54, 1.807) is 0 Å². The zero-order valence-electron chi connectivity index (χ0n) is 10.2. The van der Waals surface area contributed by atoms with Gasteiger partial charge in [-0.15, -0.1) is 0 Å². The molecule has 2 rings (SSSR count). The molecule has 94 valence electrons. The van der Waals surface area contributed by atoms with Crippen LogP contribution in [0.2, 0.25) is 0 Å². The highest BCUT2D eigenvalue weighted by molar-refractivity contribution is 4.85. The number of nitrogens with zero attached hydrogens (tertiary/aromatic N) is 1. The van der Waals surface area contributed by atoms with Crippen LogP contribution in [0.5, 0.6) is 0 Å². The Bertz CT molecular complexity index is 221. The molecule has 0 saturated carbocycles. The predicted molar refractivity (Wildman–Crippen MR) is 63.2 cm³/mol. The van der Waals surface area contributed by atoms with Crippen LogP contribution in [0.25, 0.3) is 0 Å². The first-order chi connectivity index (χ1) is 7.59. The first kappa shape index (κ1) is 12.3. The van der Waals surface area contributed by atoms with E-state index in [4.69, 9.17) is 10.5 Å². The third kappa shape index (κ3) is 3.17. The summed E-state index contributed by atoms with van der Waals surface area (Å²) in [4.78, 5) is 2.47. The Hall–Kier alpha value is -0.160. The van der Waals surface area contributed by atoms with Gasteiger partial charge in [0.15, 0.2) is 0 Å². The van der Waals surface area contributed by atoms with Gasteiger partial charge in [-0.3, -0.25) is 4.90 Å². The van der Waals surface area contributed by atoms with Gasteiger partial charge in [-0.25, -0.2) is 0 Å². The maximum Gasteiger partial charge on any atom is 0.0741 e. The molecule has 2 aliphatic rings. The Labute approximate surface area is 97.7 Å². The minimum Gasteiger partial charge on any atom is -0.389 e. The second-order valence-corrected chi connectivity index (χ2v) is 5.52. The van der Waals surface area contributed by atoms with E-state index < -0.39 is 5.60 Å². The second kappa shape index (κ2) is 5.00. The van der Waals surface area contributed by atoms with Gasteiger partial charge < -0.3 is 15.6 Å². The van der Waals surface area contributed by atoms with Gasteiger partial charge in [0.05, 0.1) is 17.8 Å². The van der Waals surface area contributed by atoms with Crippen molar-refractivity contribution in [1.29, 1.82) is 0 Å². The molecule has 4 heteroatoms. The second-order valence-electron chi connectivity index (χ2n) is 5.52. The van der Waals surface area contributed by atoms with Crippen LogP contribution in [0.15, 0.2) is 0 Å². The summed E-state index contributed by atoms with van der Waals surface area (Å²) in [5.41, 5.74) is 4.81. The van der Waals surface area contributed by atoms with E-state index in [0.717, 1.165) is 32.5 Å². The van der Waals surface area contributed by atoms with Crippen molar-refractivity contribution in [3.63, 3.8) is 0 Å². The summed E-state index contributed by atoms with van der Waals surface area (Å²) in [6, 6.07) is 0. The van der Waals surface area contributed by atoms with Gasteiger partial charge in [-0.1, -0.05) is 0 Å². The summed E-state index contributed by atoms with van der Waals surface area (Å²) in [5, 5.41) is 9.80. The van der Waals surface area contributed by atoms with Crippen LogP contribution in [0.3, 0.4) is 0 Å². The first-order valence-electron chi connectivity index (χ1n) is 6.39. The summed E-state index contributed by atoms with van der Waals surface area (Å²) in [6.45, 7) is 5.37. The number of morpholine rings is 1. The fraction of sp³-hybridized carbons (Fsp3) is 1.00. The summed E-state index contributed by atoms with van der Waals surface area (Å²) >= 11 is 0. The Morgan fingerprint density at radius 2 is 2.00 bits per heavy atom. The number of hydrogen-bond acceptors (Lipinski definition) is 4. The van der Waals surface area contributed by atoms with Crippen LogP contribution in [0.1, 0.15) is 32.6 Å². The monoisotopic (exact) mass is 228 g/mol. The molecule has 3 N–H and O–H groups in total. The highest BCUT2D eigenvalue weighted by Crippen LogP contribution is 2.26. The fourth-order valence-electron chi connectivity index (χ4n) is 2.67. The van der Waals surface area contributed by atoms with Crippen molar-refractivity contribution >= 4 is 0 Å². The lowest BCUT2D eigenvalue weighted by molar-refractivity contribution is -0.0404.